The van der Waals surface area contributed by atoms with E-state index in [0.29, 0.717) is 6.33 Å². The SMILES string of the molecule is CCN1CC/C(=C\F)[C@](C)(CO)C1. The first-order valence-corrected chi connectivity index (χ1v) is 4.79. The van der Waals surface area contributed by atoms with Gasteiger partial charge in [-0.25, -0.2) is 4.39 Å². The Labute approximate surface area is 79.0 Å². The molecule has 1 fully saturated rings. The average Bonchev–Trinajstić information content (AvgIpc) is 2.17. The van der Waals surface area contributed by atoms with Crippen LogP contribution >= 0.6 is 0 Å². The van der Waals surface area contributed by atoms with Gasteiger partial charge >= 0.3 is 0 Å². The first kappa shape index (κ1) is 10.7. The Bertz CT molecular complexity index is 205. The van der Waals surface area contributed by atoms with Gasteiger partial charge in [-0.2, -0.15) is 0 Å². The van der Waals surface area contributed by atoms with Crippen molar-refractivity contribution in [2.24, 2.45) is 5.41 Å². The number of piperidine rings is 1. The van der Waals surface area contributed by atoms with Crippen molar-refractivity contribution in [1.29, 1.82) is 0 Å². The number of rotatable bonds is 2. The largest absolute Gasteiger partial charge is 0.395 e. The highest BCUT2D eigenvalue weighted by atomic mass is 19.1. The summed E-state index contributed by atoms with van der Waals surface area (Å²) in [5.41, 5.74) is 0.378. The van der Waals surface area contributed by atoms with Gasteiger partial charge in [-0.05, 0) is 18.5 Å². The molecule has 0 aromatic heterocycles. The molecule has 0 saturated carbocycles. The van der Waals surface area contributed by atoms with E-state index in [0.717, 1.165) is 31.6 Å². The van der Waals surface area contributed by atoms with Crippen LogP contribution in [0, 0.1) is 5.41 Å². The van der Waals surface area contributed by atoms with E-state index >= 15 is 0 Å². The van der Waals surface area contributed by atoms with Crippen LogP contribution in [-0.2, 0) is 0 Å². The highest BCUT2D eigenvalue weighted by Gasteiger charge is 2.34. The summed E-state index contributed by atoms with van der Waals surface area (Å²) in [6.45, 7) is 6.66. The van der Waals surface area contributed by atoms with E-state index < -0.39 is 0 Å². The van der Waals surface area contributed by atoms with Gasteiger partial charge in [0.25, 0.3) is 0 Å². The molecular weight excluding hydrogens is 169 g/mol. The fourth-order valence-corrected chi connectivity index (χ4v) is 1.86. The molecule has 3 heteroatoms. The maximum atomic E-state index is 12.5. The molecule has 0 unspecified atom stereocenters. The van der Waals surface area contributed by atoms with Gasteiger partial charge in [0.1, 0.15) is 0 Å². The molecular formula is C10H18FNO. The van der Waals surface area contributed by atoms with Gasteiger partial charge < -0.3 is 10.0 Å². The Balaban J connectivity index is 2.74. The number of aliphatic hydroxyl groups is 1. The molecule has 0 radical (unpaired) electrons. The van der Waals surface area contributed by atoms with Crippen molar-refractivity contribution in [2.75, 3.05) is 26.2 Å². The Hall–Kier alpha value is -0.410. The van der Waals surface area contributed by atoms with Crippen LogP contribution in [0.3, 0.4) is 0 Å². The summed E-state index contributed by atoms with van der Waals surface area (Å²) < 4.78 is 12.5. The standard InChI is InChI=1S/C10H18FNO/c1-3-12-5-4-9(6-11)10(2,7-12)8-13/h6,13H,3-5,7-8H2,1-2H3/b9-6+/t10-/m0/s1. The van der Waals surface area contributed by atoms with E-state index in [-0.39, 0.29) is 12.0 Å². The molecule has 1 aliphatic heterocycles. The minimum atomic E-state index is -0.372. The summed E-state index contributed by atoms with van der Waals surface area (Å²) >= 11 is 0. The van der Waals surface area contributed by atoms with Crippen LogP contribution in [0.5, 0.6) is 0 Å². The fourth-order valence-electron chi connectivity index (χ4n) is 1.86. The lowest BCUT2D eigenvalue weighted by Crippen LogP contribution is -2.44. The molecule has 1 heterocycles. The fraction of sp³-hybridized carbons (Fsp3) is 0.800. The summed E-state index contributed by atoms with van der Waals surface area (Å²) in [4.78, 5) is 2.24. The van der Waals surface area contributed by atoms with Crippen molar-refractivity contribution < 1.29 is 9.50 Å². The van der Waals surface area contributed by atoms with Crippen molar-refractivity contribution in [2.45, 2.75) is 20.3 Å². The molecule has 0 amide bonds. The average molecular weight is 187 g/mol. The lowest BCUT2D eigenvalue weighted by molar-refractivity contribution is 0.0912. The quantitative estimate of drug-likeness (QED) is 0.709. The van der Waals surface area contributed by atoms with Gasteiger partial charge in [0, 0.05) is 18.5 Å². The number of aliphatic hydroxyl groups excluding tert-OH is 1. The molecule has 0 aromatic rings. The van der Waals surface area contributed by atoms with E-state index in [9.17, 15) is 9.50 Å². The predicted octanol–water partition coefficient (Wildman–Crippen LogP) is 1.56. The van der Waals surface area contributed by atoms with E-state index in [1.807, 2.05) is 6.92 Å². The lowest BCUT2D eigenvalue weighted by atomic mass is 9.78. The maximum Gasteiger partial charge on any atom is 0.0866 e. The molecule has 2 nitrogen and oxygen atoms in total. The van der Waals surface area contributed by atoms with Crippen LogP contribution < -0.4 is 0 Å². The van der Waals surface area contributed by atoms with Crippen molar-refractivity contribution in [3.63, 3.8) is 0 Å². The van der Waals surface area contributed by atoms with Crippen LogP contribution in [0.15, 0.2) is 11.9 Å². The maximum absolute atomic E-state index is 12.5. The number of hydrogen-bond acceptors (Lipinski definition) is 2. The van der Waals surface area contributed by atoms with Crippen molar-refractivity contribution in [3.05, 3.63) is 11.9 Å². The Kier molecular flexibility index (Phi) is 3.45. The van der Waals surface area contributed by atoms with Crippen molar-refractivity contribution >= 4 is 0 Å². The van der Waals surface area contributed by atoms with Gasteiger partial charge in [-0.3, -0.25) is 0 Å². The number of halogens is 1. The van der Waals surface area contributed by atoms with E-state index in [1.165, 1.54) is 0 Å². The Morgan fingerprint density at radius 3 is 2.85 bits per heavy atom. The summed E-state index contributed by atoms with van der Waals surface area (Å²) in [6, 6.07) is 0. The highest BCUT2D eigenvalue weighted by molar-refractivity contribution is 5.15. The minimum Gasteiger partial charge on any atom is -0.395 e. The first-order valence-electron chi connectivity index (χ1n) is 4.79. The summed E-state index contributed by atoms with van der Waals surface area (Å²) in [5.74, 6) is 0. The molecule has 1 aliphatic rings. The molecule has 0 spiro atoms. The van der Waals surface area contributed by atoms with E-state index in [4.69, 9.17) is 0 Å². The summed E-state index contributed by atoms with van der Waals surface area (Å²) in [7, 11) is 0. The van der Waals surface area contributed by atoms with Gasteiger partial charge in [-0.15, -0.1) is 0 Å². The van der Waals surface area contributed by atoms with Gasteiger partial charge in [0.2, 0.25) is 0 Å². The molecule has 1 atom stereocenters. The molecule has 1 saturated heterocycles. The third-order valence-corrected chi connectivity index (χ3v) is 2.97. The normalized spacial score (nSPS) is 34.0. The first-order chi connectivity index (χ1) is 6.16. The van der Waals surface area contributed by atoms with Gasteiger partial charge in [-0.1, -0.05) is 13.8 Å². The smallest absolute Gasteiger partial charge is 0.0866 e. The zero-order chi connectivity index (χ0) is 9.90. The lowest BCUT2D eigenvalue weighted by Gasteiger charge is -2.40. The van der Waals surface area contributed by atoms with Crippen LogP contribution in [-0.4, -0.2) is 36.2 Å². The zero-order valence-electron chi connectivity index (χ0n) is 8.39. The molecule has 1 N–H and O–H groups in total. The second-order valence-electron chi connectivity index (χ2n) is 3.97. The van der Waals surface area contributed by atoms with E-state index in [2.05, 4.69) is 11.8 Å². The second-order valence-corrected chi connectivity index (χ2v) is 3.97. The number of likely N-dealkylation sites (tertiary alicyclic amines) is 1. The Morgan fingerprint density at radius 1 is 1.69 bits per heavy atom. The minimum absolute atomic E-state index is 0.0270. The molecule has 0 bridgehead atoms. The van der Waals surface area contributed by atoms with Crippen LogP contribution in [0.25, 0.3) is 0 Å². The predicted molar refractivity (Wildman–Crippen MR) is 51.1 cm³/mol. The van der Waals surface area contributed by atoms with Gasteiger partial charge in [0.15, 0.2) is 0 Å². The third kappa shape index (κ3) is 2.09. The number of nitrogens with zero attached hydrogens (tertiary/aromatic N) is 1. The second kappa shape index (κ2) is 4.20. The summed E-state index contributed by atoms with van der Waals surface area (Å²) in [6.07, 6.45) is 1.41. The van der Waals surface area contributed by atoms with Crippen molar-refractivity contribution in [1.82, 2.24) is 4.90 Å². The number of hydrogen-bond donors (Lipinski definition) is 1. The Morgan fingerprint density at radius 2 is 2.38 bits per heavy atom. The van der Waals surface area contributed by atoms with Crippen LogP contribution in [0.4, 0.5) is 4.39 Å². The molecule has 1 rings (SSSR count). The van der Waals surface area contributed by atoms with Gasteiger partial charge in [0.05, 0.1) is 12.9 Å². The van der Waals surface area contributed by atoms with E-state index in [1.54, 1.807) is 0 Å². The topological polar surface area (TPSA) is 23.5 Å². The third-order valence-electron chi connectivity index (χ3n) is 2.97. The molecule has 0 aliphatic carbocycles. The van der Waals surface area contributed by atoms with Crippen molar-refractivity contribution in [3.8, 4) is 0 Å². The summed E-state index contributed by atoms with van der Waals surface area (Å²) in [5, 5.41) is 9.23. The molecule has 0 aromatic carbocycles. The monoisotopic (exact) mass is 187 g/mol. The van der Waals surface area contributed by atoms with Crippen LogP contribution in [0.2, 0.25) is 0 Å². The zero-order valence-corrected chi connectivity index (χ0v) is 8.39. The molecule has 13 heavy (non-hydrogen) atoms. The highest BCUT2D eigenvalue weighted by Crippen LogP contribution is 2.34. The van der Waals surface area contributed by atoms with Crippen LogP contribution in [0.1, 0.15) is 20.3 Å². The molecule has 76 valence electrons.